The smallest absolute Gasteiger partial charge is 0.252 e. The van der Waals surface area contributed by atoms with Crippen LogP contribution in [0.5, 0.6) is 0 Å². The van der Waals surface area contributed by atoms with Crippen LogP contribution in [0.2, 0.25) is 0 Å². The summed E-state index contributed by atoms with van der Waals surface area (Å²) >= 11 is 0. The van der Waals surface area contributed by atoms with Crippen LogP contribution in [0, 0.1) is 11.8 Å². The molecule has 0 heterocycles. The summed E-state index contributed by atoms with van der Waals surface area (Å²) in [4.78, 5) is 11.6. The minimum absolute atomic E-state index is 0.0292. The second-order valence-electron chi connectivity index (χ2n) is 4.74. The van der Waals surface area contributed by atoms with Crippen molar-refractivity contribution >= 4 is 5.91 Å². The first kappa shape index (κ1) is 11.6. The summed E-state index contributed by atoms with van der Waals surface area (Å²) in [6, 6.07) is 0. The highest BCUT2D eigenvalue weighted by atomic mass is 19.3. The zero-order chi connectivity index (χ0) is 11.6. The van der Waals surface area contributed by atoms with E-state index < -0.39 is 11.8 Å². The van der Waals surface area contributed by atoms with Crippen molar-refractivity contribution in [3.63, 3.8) is 0 Å². The predicted octanol–water partition coefficient (Wildman–Crippen LogP) is 2.50. The van der Waals surface area contributed by atoms with Gasteiger partial charge in [0.15, 0.2) is 0 Å². The number of carbonyl (C=O) groups is 1. The summed E-state index contributed by atoms with van der Waals surface area (Å²) in [5.41, 5.74) is 0. The molecule has 0 aromatic rings. The molecule has 16 heavy (non-hydrogen) atoms. The molecule has 1 fully saturated rings. The Morgan fingerprint density at radius 1 is 1.38 bits per heavy atom. The molecule has 1 amide bonds. The average molecular weight is 229 g/mol. The molecule has 0 aromatic heterocycles. The molecule has 0 radical (unpaired) electrons. The standard InChI is InChI=1S/C12H17F2NO/c13-12(14)7-3-6-10(12)8-15-11(16)9-4-1-2-5-9/h1-2,9-10H,3-8H2,(H,15,16). The fourth-order valence-corrected chi connectivity index (χ4v) is 2.45. The SMILES string of the molecule is O=C(NCC1CCCC1(F)F)C1CC=CC1. The lowest BCUT2D eigenvalue weighted by Crippen LogP contribution is -2.38. The largest absolute Gasteiger partial charge is 0.355 e. The van der Waals surface area contributed by atoms with Gasteiger partial charge in [0, 0.05) is 24.8 Å². The lowest BCUT2D eigenvalue weighted by molar-refractivity contribution is -0.125. The van der Waals surface area contributed by atoms with Crippen molar-refractivity contribution in [3.8, 4) is 0 Å². The van der Waals surface area contributed by atoms with Gasteiger partial charge in [-0.1, -0.05) is 12.2 Å². The van der Waals surface area contributed by atoms with Crippen LogP contribution in [0.4, 0.5) is 8.78 Å². The summed E-state index contributed by atoms with van der Waals surface area (Å²) in [5, 5.41) is 2.66. The van der Waals surface area contributed by atoms with E-state index in [2.05, 4.69) is 5.32 Å². The van der Waals surface area contributed by atoms with Crippen molar-refractivity contribution in [1.82, 2.24) is 5.32 Å². The molecule has 90 valence electrons. The van der Waals surface area contributed by atoms with Crippen LogP contribution in [-0.2, 0) is 4.79 Å². The average Bonchev–Trinajstić information content (AvgIpc) is 2.83. The number of halogens is 2. The summed E-state index contributed by atoms with van der Waals surface area (Å²) in [7, 11) is 0. The first-order valence-electron chi connectivity index (χ1n) is 5.90. The quantitative estimate of drug-likeness (QED) is 0.740. The number of hydrogen-bond acceptors (Lipinski definition) is 1. The van der Waals surface area contributed by atoms with E-state index >= 15 is 0 Å². The number of nitrogens with one attached hydrogen (secondary N) is 1. The highest BCUT2D eigenvalue weighted by Crippen LogP contribution is 2.39. The first-order chi connectivity index (χ1) is 7.59. The van der Waals surface area contributed by atoms with E-state index in [4.69, 9.17) is 0 Å². The Hall–Kier alpha value is -0.930. The normalized spacial score (nSPS) is 28.5. The van der Waals surface area contributed by atoms with Crippen LogP contribution in [0.25, 0.3) is 0 Å². The fourth-order valence-electron chi connectivity index (χ4n) is 2.45. The zero-order valence-electron chi connectivity index (χ0n) is 9.22. The van der Waals surface area contributed by atoms with Crippen molar-refractivity contribution in [1.29, 1.82) is 0 Å². The van der Waals surface area contributed by atoms with Gasteiger partial charge in [-0.2, -0.15) is 0 Å². The molecule has 0 aromatic carbocycles. The van der Waals surface area contributed by atoms with Gasteiger partial charge in [-0.25, -0.2) is 8.78 Å². The van der Waals surface area contributed by atoms with Crippen molar-refractivity contribution in [2.24, 2.45) is 11.8 Å². The van der Waals surface area contributed by atoms with Gasteiger partial charge in [-0.05, 0) is 25.7 Å². The van der Waals surface area contributed by atoms with Crippen LogP contribution in [0.15, 0.2) is 12.2 Å². The first-order valence-corrected chi connectivity index (χ1v) is 5.90. The minimum Gasteiger partial charge on any atom is -0.355 e. The van der Waals surface area contributed by atoms with Crippen molar-refractivity contribution < 1.29 is 13.6 Å². The Balaban J connectivity index is 1.76. The number of hydrogen-bond donors (Lipinski definition) is 1. The van der Waals surface area contributed by atoms with Gasteiger partial charge < -0.3 is 5.32 Å². The van der Waals surface area contributed by atoms with Gasteiger partial charge in [0.05, 0.1) is 0 Å². The number of rotatable bonds is 3. The molecule has 2 aliphatic rings. The van der Waals surface area contributed by atoms with E-state index in [1.165, 1.54) is 0 Å². The van der Waals surface area contributed by atoms with Crippen molar-refractivity contribution in [2.45, 2.75) is 38.0 Å². The molecule has 1 atom stereocenters. The lowest BCUT2D eigenvalue weighted by Gasteiger charge is -2.20. The molecule has 2 rings (SSSR count). The van der Waals surface area contributed by atoms with E-state index in [0.29, 0.717) is 12.8 Å². The van der Waals surface area contributed by atoms with Crippen LogP contribution in [0.1, 0.15) is 32.1 Å². The molecule has 0 saturated heterocycles. The monoisotopic (exact) mass is 229 g/mol. The summed E-state index contributed by atoms with van der Waals surface area (Å²) < 4.78 is 26.5. The van der Waals surface area contributed by atoms with Crippen molar-refractivity contribution in [2.75, 3.05) is 6.54 Å². The number of carbonyl (C=O) groups excluding carboxylic acids is 1. The van der Waals surface area contributed by atoms with Gasteiger partial charge >= 0.3 is 0 Å². The number of alkyl halides is 2. The Morgan fingerprint density at radius 2 is 2.06 bits per heavy atom. The second-order valence-corrected chi connectivity index (χ2v) is 4.74. The van der Waals surface area contributed by atoms with Gasteiger partial charge in [-0.15, -0.1) is 0 Å². The van der Waals surface area contributed by atoms with Gasteiger partial charge in [-0.3, -0.25) is 4.79 Å². The molecule has 2 aliphatic carbocycles. The summed E-state index contributed by atoms with van der Waals surface area (Å²) in [6.07, 6.45) is 6.48. The topological polar surface area (TPSA) is 29.1 Å². The second kappa shape index (κ2) is 4.52. The van der Waals surface area contributed by atoms with Crippen molar-refractivity contribution in [3.05, 3.63) is 12.2 Å². The molecule has 0 spiro atoms. The molecule has 1 saturated carbocycles. The third-order valence-corrected chi connectivity index (χ3v) is 3.56. The third kappa shape index (κ3) is 2.42. The van der Waals surface area contributed by atoms with Crippen LogP contribution in [-0.4, -0.2) is 18.4 Å². The van der Waals surface area contributed by atoms with E-state index in [1.807, 2.05) is 12.2 Å². The molecular weight excluding hydrogens is 212 g/mol. The highest BCUT2D eigenvalue weighted by Gasteiger charge is 2.43. The van der Waals surface area contributed by atoms with E-state index in [1.54, 1.807) is 0 Å². The molecule has 4 heteroatoms. The maximum Gasteiger partial charge on any atom is 0.252 e. The predicted molar refractivity (Wildman–Crippen MR) is 57.2 cm³/mol. The van der Waals surface area contributed by atoms with Gasteiger partial charge in [0.25, 0.3) is 5.92 Å². The summed E-state index contributed by atoms with van der Waals surface area (Å²) in [6.45, 7) is 0.127. The Morgan fingerprint density at radius 3 is 2.62 bits per heavy atom. The highest BCUT2D eigenvalue weighted by molar-refractivity contribution is 5.79. The Labute approximate surface area is 94.1 Å². The van der Waals surface area contributed by atoms with Crippen LogP contribution in [0.3, 0.4) is 0 Å². The number of allylic oxidation sites excluding steroid dienone is 2. The Kier molecular flexibility index (Phi) is 3.26. The lowest BCUT2D eigenvalue weighted by atomic mass is 10.0. The summed E-state index contributed by atoms with van der Waals surface area (Å²) in [5.74, 6) is -3.35. The third-order valence-electron chi connectivity index (χ3n) is 3.56. The molecule has 0 bridgehead atoms. The van der Waals surface area contributed by atoms with Gasteiger partial charge in [0.1, 0.15) is 0 Å². The fraction of sp³-hybridized carbons (Fsp3) is 0.750. The van der Waals surface area contributed by atoms with Gasteiger partial charge in [0.2, 0.25) is 5.91 Å². The molecular formula is C12H17F2NO. The maximum absolute atomic E-state index is 13.3. The van der Waals surface area contributed by atoms with E-state index in [9.17, 15) is 13.6 Å². The molecule has 1 unspecified atom stereocenters. The maximum atomic E-state index is 13.3. The van der Waals surface area contributed by atoms with Crippen LogP contribution < -0.4 is 5.32 Å². The van der Waals surface area contributed by atoms with E-state index in [-0.39, 0.29) is 24.8 Å². The molecule has 2 nitrogen and oxygen atoms in total. The minimum atomic E-state index is -2.58. The molecule has 0 aliphatic heterocycles. The molecule has 1 N–H and O–H groups in total. The van der Waals surface area contributed by atoms with E-state index in [0.717, 1.165) is 12.8 Å². The Bertz CT molecular complexity index is 293. The van der Waals surface area contributed by atoms with Crippen LogP contribution >= 0.6 is 0 Å². The zero-order valence-corrected chi connectivity index (χ0v) is 9.22. The number of amides is 1.